The molecule has 0 saturated heterocycles. The molecule has 108 valence electrons. The molecule has 0 unspecified atom stereocenters. The summed E-state index contributed by atoms with van der Waals surface area (Å²) >= 11 is 1.70. The van der Waals surface area contributed by atoms with Gasteiger partial charge >= 0.3 is 0 Å². The van der Waals surface area contributed by atoms with Gasteiger partial charge in [-0.3, -0.25) is 9.88 Å². The van der Waals surface area contributed by atoms with Crippen molar-refractivity contribution in [1.82, 2.24) is 25.0 Å². The average Bonchev–Trinajstić information content (AvgIpc) is 3.09. The van der Waals surface area contributed by atoms with Crippen molar-refractivity contribution in [1.29, 1.82) is 0 Å². The summed E-state index contributed by atoms with van der Waals surface area (Å²) in [5.74, 6) is 1.10. The van der Waals surface area contributed by atoms with Crippen molar-refractivity contribution in [3.8, 4) is 11.5 Å². The van der Waals surface area contributed by atoms with Gasteiger partial charge in [-0.1, -0.05) is 11.2 Å². The van der Waals surface area contributed by atoms with E-state index in [4.69, 9.17) is 4.52 Å². The van der Waals surface area contributed by atoms with Gasteiger partial charge in [0.2, 0.25) is 11.7 Å². The smallest absolute Gasteiger partial charge is 0.241 e. The quantitative estimate of drug-likeness (QED) is 0.721. The van der Waals surface area contributed by atoms with Crippen molar-refractivity contribution < 1.29 is 4.52 Å². The van der Waals surface area contributed by atoms with E-state index in [0.29, 0.717) is 24.0 Å². The normalized spacial score (nSPS) is 11.2. The Kier molecular flexibility index (Phi) is 4.03. The van der Waals surface area contributed by atoms with Crippen molar-refractivity contribution >= 4 is 11.3 Å². The molecule has 6 nitrogen and oxygen atoms in total. The Balaban J connectivity index is 1.64. The molecule has 0 bridgehead atoms. The minimum Gasteiger partial charge on any atom is -0.337 e. The molecule has 0 fully saturated rings. The molecule has 0 aromatic carbocycles. The van der Waals surface area contributed by atoms with E-state index in [2.05, 4.69) is 25.0 Å². The fourth-order valence-corrected chi connectivity index (χ4v) is 2.82. The van der Waals surface area contributed by atoms with Crippen LogP contribution in [0.25, 0.3) is 11.5 Å². The summed E-state index contributed by atoms with van der Waals surface area (Å²) in [5, 5.41) is 5.04. The zero-order valence-electron chi connectivity index (χ0n) is 11.9. The summed E-state index contributed by atoms with van der Waals surface area (Å²) in [4.78, 5) is 16.2. The van der Waals surface area contributed by atoms with Gasteiger partial charge in [-0.05, 0) is 26.1 Å². The first-order chi connectivity index (χ1) is 10.2. The van der Waals surface area contributed by atoms with Crippen LogP contribution in [-0.4, -0.2) is 32.1 Å². The molecular formula is C14H15N5OS. The Morgan fingerprint density at radius 2 is 2.14 bits per heavy atom. The maximum absolute atomic E-state index is 5.28. The average molecular weight is 301 g/mol. The lowest BCUT2D eigenvalue weighted by Crippen LogP contribution is -2.16. The van der Waals surface area contributed by atoms with Crippen LogP contribution in [0.1, 0.15) is 15.8 Å². The Morgan fingerprint density at radius 3 is 2.86 bits per heavy atom. The number of aromatic nitrogens is 4. The largest absolute Gasteiger partial charge is 0.337 e. The molecule has 0 aliphatic heterocycles. The molecule has 0 spiro atoms. The zero-order valence-corrected chi connectivity index (χ0v) is 12.7. The molecule has 21 heavy (non-hydrogen) atoms. The number of aryl methyl sites for hydroxylation is 1. The van der Waals surface area contributed by atoms with Crippen molar-refractivity contribution in [3.05, 3.63) is 46.4 Å². The number of nitrogens with zero attached hydrogens (tertiary/aromatic N) is 5. The summed E-state index contributed by atoms with van der Waals surface area (Å²) in [6.45, 7) is 3.41. The first-order valence-electron chi connectivity index (χ1n) is 6.54. The highest BCUT2D eigenvalue weighted by molar-refractivity contribution is 7.11. The monoisotopic (exact) mass is 301 g/mol. The summed E-state index contributed by atoms with van der Waals surface area (Å²) < 4.78 is 5.28. The Labute approximate surface area is 126 Å². The van der Waals surface area contributed by atoms with Crippen molar-refractivity contribution in [2.75, 3.05) is 7.05 Å². The lowest BCUT2D eigenvalue weighted by molar-refractivity contribution is 0.262. The predicted molar refractivity (Wildman–Crippen MR) is 79.6 cm³/mol. The van der Waals surface area contributed by atoms with Gasteiger partial charge < -0.3 is 4.52 Å². The van der Waals surface area contributed by atoms with E-state index in [-0.39, 0.29) is 0 Å². The topological polar surface area (TPSA) is 67.9 Å². The van der Waals surface area contributed by atoms with Crippen LogP contribution in [-0.2, 0) is 13.1 Å². The van der Waals surface area contributed by atoms with E-state index in [1.54, 1.807) is 17.5 Å². The van der Waals surface area contributed by atoms with Gasteiger partial charge in [0, 0.05) is 23.8 Å². The Bertz CT molecular complexity index is 709. The second-order valence-electron chi connectivity index (χ2n) is 4.74. The van der Waals surface area contributed by atoms with Gasteiger partial charge in [0.25, 0.3) is 0 Å². The summed E-state index contributed by atoms with van der Waals surface area (Å²) in [5.41, 5.74) is 0.716. The first-order valence-corrected chi connectivity index (χ1v) is 7.36. The van der Waals surface area contributed by atoms with Gasteiger partial charge in [0.15, 0.2) is 0 Å². The van der Waals surface area contributed by atoms with Crippen LogP contribution in [0.15, 0.2) is 35.1 Å². The molecule has 7 heteroatoms. The minimum atomic E-state index is 0.521. The highest BCUT2D eigenvalue weighted by atomic mass is 32.1. The van der Waals surface area contributed by atoms with E-state index in [0.717, 1.165) is 11.6 Å². The van der Waals surface area contributed by atoms with Gasteiger partial charge in [-0.15, -0.1) is 11.3 Å². The second-order valence-corrected chi connectivity index (χ2v) is 6.06. The first kappa shape index (κ1) is 13.8. The van der Waals surface area contributed by atoms with Gasteiger partial charge in [-0.25, -0.2) is 4.98 Å². The molecular weight excluding hydrogens is 286 g/mol. The Morgan fingerprint density at radius 1 is 1.24 bits per heavy atom. The third kappa shape index (κ3) is 3.50. The van der Waals surface area contributed by atoms with Crippen molar-refractivity contribution in [2.24, 2.45) is 0 Å². The molecule has 3 aromatic rings. The molecule has 0 radical (unpaired) electrons. The molecule has 0 saturated carbocycles. The van der Waals surface area contributed by atoms with Crippen LogP contribution in [0.3, 0.4) is 0 Å². The van der Waals surface area contributed by atoms with Crippen LogP contribution < -0.4 is 0 Å². The fraction of sp³-hybridized carbons (Fsp3) is 0.286. The maximum Gasteiger partial charge on any atom is 0.241 e. The molecule has 0 aliphatic carbocycles. The number of hydrogen-bond donors (Lipinski definition) is 0. The molecule has 3 rings (SSSR count). The third-order valence-electron chi connectivity index (χ3n) is 2.86. The van der Waals surface area contributed by atoms with E-state index >= 15 is 0 Å². The molecule has 3 heterocycles. The second kappa shape index (κ2) is 6.11. The number of thiazole rings is 1. The highest BCUT2D eigenvalue weighted by Gasteiger charge is 2.12. The zero-order chi connectivity index (χ0) is 14.7. The molecule has 0 aliphatic rings. The fourth-order valence-electron chi connectivity index (χ4n) is 1.95. The Hall–Kier alpha value is -2.12. The minimum absolute atomic E-state index is 0.521. The van der Waals surface area contributed by atoms with Crippen LogP contribution in [0, 0.1) is 6.92 Å². The van der Waals surface area contributed by atoms with E-state index in [1.807, 2.05) is 38.4 Å². The predicted octanol–water partition coefficient (Wildman–Crippen LogP) is 2.53. The molecule has 0 amide bonds. The number of rotatable bonds is 5. The lowest BCUT2D eigenvalue weighted by atomic mass is 10.3. The van der Waals surface area contributed by atoms with Gasteiger partial charge in [-0.2, -0.15) is 4.98 Å². The van der Waals surface area contributed by atoms with Crippen molar-refractivity contribution in [3.63, 3.8) is 0 Å². The standard InChI is InChI=1S/C14H15N5OS/c1-10-16-7-11(21-10)8-19(2)9-13-17-14(18-20-13)12-5-3-4-6-15-12/h3-7H,8-9H2,1-2H3. The van der Waals surface area contributed by atoms with Gasteiger partial charge in [0.1, 0.15) is 5.69 Å². The van der Waals surface area contributed by atoms with E-state index in [9.17, 15) is 0 Å². The van der Waals surface area contributed by atoms with E-state index < -0.39 is 0 Å². The highest BCUT2D eigenvalue weighted by Crippen LogP contribution is 2.16. The van der Waals surface area contributed by atoms with Crippen LogP contribution in [0.5, 0.6) is 0 Å². The summed E-state index contributed by atoms with van der Waals surface area (Å²) in [6, 6.07) is 5.62. The lowest BCUT2D eigenvalue weighted by Gasteiger charge is -2.11. The van der Waals surface area contributed by atoms with Crippen LogP contribution >= 0.6 is 11.3 Å². The van der Waals surface area contributed by atoms with Gasteiger partial charge in [0.05, 0.1) is 11.6 Å². The molecule has 0 N–H and O–H groups in total. The molecule has 0 atom stereocenters. The third-order valence-corrected chi connectivity index (χ3v) is 3.76. The van der Waals surface area contributed by atoms with Crippen molar-refractivity contribution in [2.45, 2.75) is 20.0 Å². The molecule has 3 aromatic heterocycles. The number of pyridine rings is 1. The summed E-state index contributed by atoms with van der Waals surface area (Å²) in [6.07, 6.45) is 3.62. The summed E-state index contributed by atoms with van der Waals surface area (Å²) in [7, 11) is 2.01. The maximum atomic E-state index is 5.28. The van der Waals surface area contributed by atoms with Crippen LogP contribution in [0.2, 0.25) is 0 Å². The SMILES string of the molecule is Cc1ncc(CN(C)Cc2nc(-c3ccccn3)no2)s1. The van der Waals surface area contributed by atoms with Crippen LogP contribution in [0.4, 0.5) is 0 Å². The number of hydrogen-bond acceptors (Lipinski definition) is 7. The van der Waals surface area contributed by atoms with E-state index in [1.165, 1.54) is 4.88 Å².